The van der Waals surface area contributed by atoms with Crippen molar-refractivity contribution in [3.8, 4) is 0 Å². The topological polar surface area (TPSA) is 113 Å². The first-order chi connectivity index (χ1) is 14.8. The fourth-order valence-corrected chi connectivity index (χ4v) is 8.40. The molecule has 11 heteroatoms. The molecule has 31 heavy (non-hydrogen) atoms. The number of hydrogen-bond donors (Lipinski definition) is 2. The molecule has 1 unspecified atom stereocenters. The Morgan fingerprint density at radius 3 is 2.81 bits per heavy atom. The number of nitrogens with two attached hydrogens (primary N) is 1. The number of thiophene rings is 2. The molecule has 0 bridgehead atoms. The van der Waals surface area contributed by atoms with E-state index in [1.165, 1.54) is 15.6 Å². The van der Waals surface area contributed by atoms with Crippen molar-refractivity contribution in [3.05, 3.63) is 33.5 Å². The smallest absolute Gasteiger partial charge is 0.253 e. The maximum Gasteiger partial charge on any atom is 0.253 e. The number of amides is 2. The van der Waals surface area contributed by atoms with Gasteiger partial charge in [0.2, 0.25) is 5.91 Å². The Kier molecular flexibility index (Phi) is 6.50. The van der Waals surface area contributed by atoms with Crippen molar-refractivity contribution in [2.75, 3.05) is 25.0 Å². The number of anilines is 1. The van der Waals surface area contributed by atoms with Crippen LogP contribution in [0.5, 0.6) is 0 Å². The zero-order valence-corrected chi connectivity index (χ0v) is 19.7. The van der Waals surface area contributed by atoms with Crippen molar-refractivity contribution >= 4 is 49.5 Å². The van der Waals surface area contributed by atoms with Crippen molar-refractivity contribution in [2.45, 2.75) is 49.4 Å². The highest BCUT2D eigenvalue weighted by molar-refractivity contribution is 7.91. The van der Waals surface area contributed by atoms with E-state index in [2.05, 4.69) is 17.1 Å². The molecule has 0 spiro atoms. The van der Waals surface area contributed by atoms with Crippen LogP contribution >= 0.6 is 22.7 Å². The number of sulfonamides is 1. The number of rotatable bonds is 7. The molecule has 0 saturated carbocycles. The zero-order chi connectivity index (χ0) is 22.2. The Labute approximate surface area is 190 Å². The molecule has 1 saturated heterocycles. The molecule has 8 nitrogen and oxygen atoms in total. The average Bonchev–Trinajstić information content (AvgIpc) is 3.46. The van der Waals surface area contributed by atoms with E-state index >= 15 is 0 Å². The summed E-state index contributed by atoms with van der Waals surface area (Å²) in [6.07, 6.45) is 2.81. The lowest BCUT2D eigenvalue weighted by Crippen LogP contribution is -2.43. The van der Waals surface area contributed by atoms with Crippen LogP contribution in [-0.4, -0.2) is 55.1 Å². The average molecular weight is 483 g/mol. The molecule has 2 aliphatic rings. The lowest BCUT2D eigenvalue weighted by Gasteiger charge is -2.26. The van der Waals surface area contributed by atoms with Crippen molar-refractivity contribution in [2.24, 2.45) is 5.73 Å². The largest absolute Gasteiger partial charge is 0.365 e. The van der Waals surface area contributed by atoms with Gasteiger partial charge in [-0.3, -0.25) is 14.5 Å². The van der Waals surface area contributed by atoms with E-state index in [0.29, 0.717) is 36.4 Å². The Hall–Kier alpha value is -1.79. The quantitative estimate of drug-likeness (QED) is 0.630. The molecule has 2 aromatic rings. The second-order valence-electron chi connectivity index (χ2n) is 7.79. The van der Waals surface area contributed by atoms with E-state index in [-0.39, 0.29) is 4.21 Å². The van der Waals surface area contributed by atoms with E-state index in [0.717, 1.165) is 47.8 Å². The molecule has 1 fully saturated rings. The van der Waals surface area contributed by atoms with Crippen LogP contribution in [-0.2, 0) is 27.8 Å². The van der Waals surface area contributed by atoms with E-state index in [1.54, 1.807) is 17.5 Å². The van der Waals surface area contributed by atoms with Gasteiger partial charge in [-0.1, -0.05) is 13.0 Å². The molecule has 3 N–H and O–H groups in total. The summed E-state index contributed by atoms with van der Waals surface area (Å²) in [7, 11) is -3.73. The lowest BCUT2D eigenvalue weighted by molar-refractivity contribution is -0.119. The van der Waals surface area contributed by atoms with Gasteiger partial charge in [-0.25, -0.2) is 8.42 Å². The van der Waals surface area contributed by atoms with Crippen molar-refractivity contribution < 1.29 is 18.0 Å². The highest BCUT2D eigenvalue weighted by Crippen LogP contribution is 2.38. The minimum Gasteiger partial charge on any atom is -0.365 e. The van der Waals surface area contributed by atoms with Gasteiger partial charge in [0.1, 0.15) is 15.3 Å². The predicted octanol–water partition coefficient (Wildman–Crippen LogP) is 2.47. The highest BCUT2D eigenvalue weighted by Gasteiger charge is 2.40. The minimum absolute atomic E-state index is 0.229. The standard InChI is InChI=1S/C20H26N4O4S3/c1-2-8-23-10-7-13-15(12-23)30-20(17(13)18(21)25)22-19(26)14-5-3-9-24(14)31(27,28)16-6-4-11-29-16/h4,6,11,14H,2-3,5,7-10,12H2,1H3,(H2,21,25)(H,22,26). The Bertz CT molecular complexity index is 1080. The summed E-state index contributed by atoms with van der Waals surface area (Å²) >= 11 is 2.51. The van der Waals surface area contributed by atoms with Gasteiger partial charge in [0.05, 0.1) is 5.56 Å². The van der Waals surface area contributed by atoms with Gasteiger partial charge in [-0.2, -0.15) is 4.31 Å². The van der Waals surface area contributed by atoms with Crippen molar-refractivity contribution in [1.82, 2.24) is 9.21 Å². The summed E-state index contributed by atoms with van der Waals surface area (Å²) in [6, 6.07) is 2.43. The molecule has 2 amide bonds. The molecular formula is C20H26N4O4S3. The summed E-state index contributed by atoms with van der Waals surface area (Å²) in [6.45, 7) is 4.98. The number of fused-ring (bicyclic) bond motifs is 1. The summed E-state index contributed by atoms with van der Waals surface area (Å²) < 4.78 is 27.4. The third-order valence-electron chi connectivity index (χ3n) is 5.72. The van der Waals surface area contributed by atoms with Gasteiger partial charge in [0, 0.05) is 24.5 Å². The van der Waals surface area contributed by atoms with Crippen LogP contribution in [0.25, 0.3) is 0 Å². The van der Waals surface area contributed by atoms with E-state index in [4.69, 9.17) is 5.73 Å². The Balaban J connectivity index is 1.58. The SMILES string of the molecule is CCCN1CCc2c(sc(NC(=O)C3CCCN3S(=O)(=O)c3cccs3)c2C(N)=O)C1. The van der Waals surface area contributed by atoms with Crippen LogP contribution in [0.2, 0.25) is 0 Å². The van der Waals surface area contributed by atoms with Crippen LogP contribution in [0.15, 0.2) is 21.7 Å². The van der Waals surface area contributed by atoms with E-state index < -0.39 is 27.9 Å². The normalized spacial score (nSPS) is 20.0. The summed E-state index contributed by atoms with van der Waals surface area (Å²) in [5.41, 5.74) is 6.95. The zero-order valence-electron chi connectivity index (χ0n) is 17.3. The van der Waals surface area contributed by atoms with Crippen LogP contribution in [0.1, 0.15) is 47.0 Å². The third kappa shape index (κ3) is 4.29. The molecule has 2 aromatic heterocycles. The molecule has 0 aromatic carbocycles. The molecule has 0 aliphatic carbocycles. The van der Waals surface area contributed by atoms with Gasteiger partial charge < -0.3 is 11.1 Å². The second-order valence-corrected chi connectivity index (χ2v) is 12.0. The summed E-state index contributed by atoms with van der Waals surface area (Å²) in [5, 5.41) is 4.98. The van der Waals surface area contributed by atoms with Crippen LogP contribution in [0.4, 0.5) is 5.00 Å². The van der Waals surface area contributed by atoms with Gasteiger partial charge in [-0.05, 0) is 49.2 Å². The van der Waals surface area contributed by atoms with Gasteiger partial charge in [0.25, 0.3) is 15.9 Å². The molecule has 4 rings (SSSR count). The minimum atomic E-state index is -3.73. The third-order valence-corrected chi connectivity index (χ3v) is 10.1. The van der Waals surface area contributed by atoms with E-state index in [1.807, 2.05) is 0 Å². The van der Waals surface area contributed by atoms with Gasteiger partial charge in [-0.15, -0.1) is 22.7 Å². The Morgan fingerprint density at radius 2 is 2.13 bits per heavy atom. The van der Waals surface area contributed by atoms with Gasteiger partial charge in [0.15, 0.2) is 0 Å². The molecule has 2 aliphatic heterocycles. The van der Waals surface area contributed by atoms with Crippen molar-refractivity contribution in [3.63, 3.8) is 0 Å². The number of carbonyl (C=O) groups excluding carboxylic acids is 2. The van der Waals surface area contributed by atoms with Gasteiger partial charge >= 0.3 is 0 Å². The maximum atomic E-state index is 13.1. The number of nitrogens with zero attached hydrogens (tertiary/aromatic N) is 2. The fraction of sp³-hybridized carbons (Fsp3) is 0.500. The van der Waals surface area contributed by atoms with Crippen LogP contribution < -0.4 is 11.1 Å². The van der Waals surface area contributed by atoms with E-state index in [9.17, 15) is 18.0 Å². The fourth-order valence-electron chi connectivity index (χ4n) is 4.32. The molecular weight excluding hydrogens is 456 g/mol. The summed E-state index contributed by atoms with van der Waals surface area (Å²) in [5.74, 6) is -0.977. The monoisotopic (exact) mass is 482 g/mol. The van der Waals surface area contributed by atoms with Crippen LogP contribution in [0, 0.1) is 0 Å². The number of nitrogens with one attached hydrogen (secondary N) is 1. The summed E-state index contributed by atoms with van der Waals surface area (Å²) in [4.78, 5) is 28.7. The Morgan fingerprint density at radius 1 is 1.32 bits per heavy atom. The molecule has 168 valence electrons. The first kappa shape index (κ1) is 22.4. The second kappa shape index (κ2) is 8.99. The lowest BCUT2D eigenvalue weighted by atomic mass is 10.0. The number of primary amides is 1. The molecule has 4 heterocycles. The first-order valence-electron chi connectivity index (χ1n) is 10.4. The number of hydrogen-bond acceptors (Lipinski definition) is 7. The highest BCUT2D eigenvalue weighted by atomic mass is 32.2. The molecule has 1 atom stereocenters. The maximum absolute atomic E-state index is 13.1. The number of carbonyl (C=O) groups is 2. The first-order valence-corrected chi connectivity index (χ1v) is 13.5. The molecule has 0 radical (unpaired) electrons. The van der Waals surface area contributed by atoms with Crippen molar-refractivity contribution in [1.29, 1.82) is 0 Å². The predicted molar refractivity (Wildman–Crippen MR) is 122 cm³/mol. The van der Waals surface area contributed by atoms with Crippen LogP contribution in [0.3, 0.4) is 0 Å².